The van der Waals surface area contributed by atoms with Crippen molar-refractivity contribution >= 4 is 34.2 Å². The highest BCUT2D eigenvalue weighted by Crippen LogP contribution is 2.25. The molecule has 2 amide bonds. The maximum atomic E-state index is 13.6. The van der Waals surface area contributed by atoms with Crippen LogP contribution in [0.2, 0.25) is 0 Å². The number of hydrazine groups is 1. The van der Waals surface area contributed by atoms with E-state index < -0.39 is 17.6 Å². The van der Waals surface area contributed by atoms with Crippen molar-refractivity contribution in [3.05, 3.63) is 120 Å². The van der Waals surface area contributed by atoms with E-state index >= 15 is 0 Å². The Bertz CT molecular complexity index is 1620. The number of anilines is 2. The van der Waals surface area contributed by atoms with E-state index in [1.165, 1.54) is 18.3 Å². The molecular formula is C29H22FN5O2. The molecule has 3 N–H and O–H groups in total. The average molecular weight is 492 g/mol. The number of hydrogen-bond donors (Lipinski definition) is 3. The van der Waals surface area contributed by atoms with Gasteiger partial charge in [0, 0.05) is 22.8 Å². The Morgan fingerprint density at radius 3 is 2.32 bits per heavy atom. The van der Waals surface area contributed by atoms with Crippen molar-refractivity contribution in [3.63, 3.8) is 0 Å². The molecule has 0 radical (unpaired) electrons. The number of benzene rings is 3. The van der Waals surface area contributed by atoms with Gasteiger partial charge in [0.1, 0.15) is 11.6 Å². The van der Waals surface area contributed by atoms with E-state index in [2.05, 4.69) is 21.2 Å². The number of rotatable bonds is 5. The number of aromatic nitrogens is 2. The summed E-state index contributed by atoms with van der Waals surface area (Å²) in [5, 5.41) is 3.59. The number of hydrogen-bond acceptors (Lipinski definition) is 5. The van der Waals surface area contributed by atoms with Crippen molar-refractivity contribution < 1.29 is 14.0 Å². The van der Waals surface area contributed by atoms with Crippen LogP contribution in [0, 0.1) is 12.7 Å². The molecule has 0 fully saturated rings. The molecule has 0 saturated heterocycles. The summed E-state index contributed by atoms with van der Waals surface area (Å²) in [6.07, 6.45) is 1.51. The van der Waals surface area contributed by atoms with Gasteiger partial charge < -0.3 is 5.32 Å². The number of pyridine rings is 2. The molecule has 0 aliphatic heterocycles. The maximum Gasteiger partial charge on any atom is 0.273 e. The number of fused-ring (bicyclic) bond motifs is 1. The topological polar surface area (TPSA) is 96.0 Å². The molecule has 0 aliphatic carbocycles. The maximum absolute atomic E-state index is 13.6. The monoisotopic (exact) mass is 491 g/mol. The molecule has 7 nitrogen and oxygen atoms in total. The Morgan fingerprint density at radius 1 is 0.784 bits per heavy atom. The van der Waals surface area contributed by atoms with Gasteiger partial charge in [-0.25, -0.2) is 14.4 Å². The number of nitrogens with one attached hydrogen (secondary N) is 3. The lowest BCUT2D eigenvalue weighted by molar-refractivity contribution is 0.0848. The zero-order chi connectivity index (χ0) is 25.8. The van der Waals surface area contributed by atoms with E-state index in [1.54, 1.807) is 36.4 Å². The summed E-state index contributed by atoms with van der Waals surface area (Å²) in [7, 11) is 0. The fourth-order valence-corrected chi connectivity index (χ4v) is 3.87. The molecule has 0 aliphatic rings. The number of carbonyl (C=O) groups excluding carboxylic acids is 2. The second kappa shape index (κ2) is 10.2. The molecule has 3 aromatic carbocycles. The second-order valence-corrected chi connectivity index (χ2v) is 8.38. The van der Waals surface area contributed by atoms with Crippen molar-refractivity contribution in [1.82, 2.24) is 20.8 Å². The van der Waals surface area contributed by atoms with Crippen LogP contribution in [0.4, 0.5) is 15.9 Å². The van der Waals surface area contributed by atoms with Gasteiger partial charge in [0.15, 0.2) is 0 Å². The summed E-state index contributed by atoms with van der Waals surface area (Å²) in [6, 6.07) is 25.8. The molecule has 5 aromatic rings. The lowest BCUT2D eigenvalue weighted by Crippen LogP contribution is -2.42. The van der Waals surface area contributed by atoms with Crippen LogP contribution in [-0.4, -0.2) is 21.8 Å². The molecule has 2 heterocycles. The molecule has 0 bridgehead atoms. The minimum atomic E-state index is -0.586. The number of amides is 2. The van der Waals surface area contributed by atoms with Crippen molar-refractivity contribution in [2.75, 3.05) is 5.32 Å². The molecule has 0 atom stereocenters. The Morgan fingerprint density at radius 2 is 1.54 bits per heavy atom. The van der Waals surface area contributed by atoms with Gasteiger partial charge in [0.2, 0.25) is 0 Å². The van der Waals surface area contributed by atoms with E-state index in [4.69, 9.17) is 4.98 Å². The van der Waals surface area contributed by atoms with E-state index in [-0.39, 0.29) is 11.4 Å². The highest BCUT2D eigenvalue weighted by atomic mass is 19.1. The third-order valence-corrected chi connectivity index (χ3v) is 5.74. The predicted octanol–water partition coefficient (Wildman–Crippen LogP) is 5.56. The van der Waals surface area contributed by atoms with Crippen molar-refractivity contribution in [3.8, 4) is 11.3 Å². The summed E-state index contributed by atoms with van der Waals surface area (Å²) < 4.78 is 13.6. The smallest absolute Gasteiger partial charge is 0.273 e. The number of aryl methyl sites for hydroxylation is 1. The predicted molar refractivity (Wildman–Crippen MR) is 141 cm³/mol. The quantitative estimate of drug-likeness (QED) is 0.280. The van der Waals surface area contributed by atoms with Gasteiger partial charge in [-0.3, -0.25) is 20.4 Å². The van der Waals surface area contributed by atoms with E-state index in [1.807, 2.05) is 49.4 Å². The molecule has 182 valence electrons. The van der Waals surface area contributed by atoms with Crippen LogP contribution < -0.4 is 16.2 Å². The summed E-state index contributed by atoms with van der Waals surface area (Å²) in [5.41, 5.74) is 9.21. The van der Waals surface area contributed by atoms with Gasteiger partial charge in [-0.15, -0.1) is 0 Å². The third kappa shape index (κ3) is 5.28. The minimum absolute atomic E-state index is 0.173. The minimum Gasteiger partial charge on any atom is -0.339 e. The zero-order valence-electron chi connectivity index (χ0n) is 19.8. The first-order valence-electron chi connectivity index (χ1n) is 11.5. The van der Waals surface area contributed by atoms with E-state index in [0.717, 1.165) is 11.1 Å². The summed E-state index contributed by atoms with van der Waals surface area (Å²) in [5.74, 6) is -1.29. The molecule has 0 spiro atoms. The van der Waals surface area contributed by atoms with Crippen LogP contribution in [0.1, 0.15) is 26.3 Å². The van der Waals surface area contributed by atoms with Crippen molar-refractivity contribution in [2.45, 2.75) is 6.92 Å². The van der Waals surface area contributed by atoms with Gasteiger partial charge in [-0.05, 0) is 49.4 Å². The van der Waals surface area contributed by atoms with Crippen LogP contribution in [0.5, 0.6) is 0 Å². The third-order valence-electron chi connectivity index (χ3n) is 5.74. The molecule has 0 unspecified atom stereocenters. The fraction of sp³-hybridized carbons (Fsp3) is 0.0345. The van der Waals surface area contributed by atoms with Gasteiger partial charge in [0.25, 0.3) is 11.8 Å². The number of carbonyl (C=O) groups is 2. The first kappa shape index (κ1) is 23.6. The van der Waals surface area contributed by atoms with E-state index in [9.17, 15) is 14.0 Å². The highest BCUT2D eigenvalue weighted by molar-refractivity contribution is 6.08. The lowest BCUT2D eigenvalue weighted by atomic mass is 10.0. The molecule has 5 rings (SSSR count). The van der Waals surface area contributed by atoms with Crippen molar-refractivity contribution in [2.24, 2.45) is 0 Å². The second-order valence-electron chi connectivity index (χ2n) is 8.38. The molecule has 0 saturated carbocycles. The zero-order valence-corrected chi connectivity index (χ0v) is 19.8. The lowest BCUT2D eigenvalue weighted by Gasteiger charge is -2.13. The van der Waals surface area contributed by atoms with Crippen LogP contribution in [0.25, 0.3) is 22.2 Å². The van der Waals surface area contributed by atoms with Gasteiger partial charge >= 0.3 is 0 Å². The summed E-state index contributed by atoms with van der Waals surface area (Å²) in [6.45, 7) is 2.00. The van der Waals surface area contributed by atoms with Crippen LogP contribution >= 0.6 is 0 Å². The number of para-hydroxylation sites is 1. The standard InChI is InChI=1S/C29H22FN5O2/c1-18-11-13-19(14-12-18)26-17-24(22-8-2-3-10-25(22)33-26)29(37)35-34-28(36)23-9-5-15-31-27(23)32-21-7-4-6-20(30)16-21/h2-17H,1H3,(H,31,32)(H,34,36)(H,35,37). The molecule has 2 aromatic heterocycles. The van der Waals surface area contributed by atoms with Crippen LogP contribution in [0.15, 0.2) is 97.2 Å². The Labute approximate surface area is 212 Å². The van der Waals surface area contributed by atoms with Crippen molar-refractivity contribution in [1.29, 1.82) is 0 Å². The Kier molecular flexibility index (Phi) is 6.54. The van der Waals surface area contributed by atoms with Gasteiger partial charge in [0.05, 0.1) is 22.3 Å². The SMILES string of the molecule is Cc1ccc(-c2cc(C(=O)NNC(=O)c3cccnc3Nc3cccc(F)c3)c3ccccc3n2)cc1. The average Bonchev–Trinajstić information content (AvgIpc) is 2.91. The van der Waals surface area contributed by atoms with Crippen LogP contribution in [0.3, 0.4) is 0 Å². The molecule has 37 heavy (non-hydrogen) atoms. The Hall–Kier alpha value is -5.11. The first-order valence-corrected chi connectivity index (χ1v) is 11.5. The van der Waals surface area contributed by atoms with Gasteiger partial charge in [-0.1, -0.05) is 54.1 Å². The summed E-state index contributed by atoms with van der Waals surface area (Å²) in [4.78, 5) is 35.1. The largest absolute Gasteiger partial charge is 0.339 e. The summed E-state index contributed by atoms with van der Waals surface area (Å²) >= 11 is 0. The van der Waals surface area contributed by atoms with Gasteiger partial charge in [-0.2, -0.15) is 0 Å². The van der Waals surface area contributed by atoms with Crippen LogP contribution in [-0.2, 0) is 0 Å². The van der Waals surface area contributed by atoms with E-state index in [0.29, 0.717) is 27.8 Å². The molecular weight excluding hydrogens is 469 g/mol. The highest BCUT2D eigenvalue weighted by Gasteiger charge is 2.17. The Balaban J connectivity index is 1.38. The normalized spacial score (nSPS) is 10.6. The number of halogens is 1. The fourth-order valence-electron chi connectivity index (χ4n) is 3.87. The first-order chi connectivity index (χ1) is 18.0. The number of nitrogens with zero attached hydrogens (tertiary/aromatic N) is 2. The molecule has 8 heteroatoms.